The number of carbonyl (C=O) groups is 1. The number of hydrogen-bond donors (Lipinski definition) is 1. The van der Waals surface area contributed by atoms with Crippen molar-refractivity contribution >= 4 is 33.7 Å². The topological polar surface area (TPSA) is 40.5 Å². The van der Waals surface area contributed by atoms with Crippen molar-refractivity contribution in [2.75, 3.05) is 18.5 Å². The fourth-order valence-corrected chi connectivity index (χ4v) is 2.26. The Kier molecular flexibility index (Phi) is 5.22. The maximum atomic E-state index is 10.4. The van der Waals surface area contributed by atoms with Crippen LogP contribution in [0.4, 0.5) is 5.69 Å². The minimum Gasteiger partial charge on any atom is -0.478 e. The van der Waals surface area contributed by atoms with E-state index in [2.05, 4.69) is 27.8 Å². The quantitative estimate of drug-likeness (QED) is 0.847. The normalized spacial score (nSPS) is 10.8. The number of aliphatic carboxylic acids is 1. The van der Waals surface area contributed by atoms with E-state index >= 15 is 0 Å². The van der Waals surface area contributed by atoms with Crippen molar-refractivity contribution in [1.29, 1.82) is 0 Å². The molecule has 92 valence electrons. The average Bonchev–Trinajstić information content (AvgIpc) is 2.26. The van der Waals surface area contributed by atoms with Gasteiger partial charge in [-0.15, -0.1) is 0 Å². The third kappa shape index (κ3) is 4.23. The number of hydrogen-bond acceptors (Lipinski definition) is 2. The Morgan fingerprint density at radius 2 is 2.24 bits per heavy atom. The first-order chi connectivity index (χ1) is 8.04. The van der Waals surface area contributed by atoms with E-state index in [4.69, 9.17) is 5.11 Å². The second-order valence-corrected chi connectivity index (χ2v) is 4.66. The van der Waals surface area contributed by atoms with Crippen LogP contribution < -0.4 is 4.90 Å². The summed E-state index contributed by atoms with van der Waals surface area (Å²) in [6.07, 6.45) is 3.80. The van der Waals surface area contributed by atoms with Crippen LogP contribution in [0.1, 0.15) is 18.9 Å². The number of carboxylic acid groups (broad SMARTS) is 1. The van der Waals surface area contributed by atoms with Crippen molar-refractivity contribution < 1.29 is 9.90 Å². The molecule has 0 aromatic heterocycles. The van der Waals surface area contributed by atoms with Crippen LogP contribution in [0, 0.1) is 0 Å². The fourth-order valence-electron chi connectivity index (χ4n) is 1.56. The molecule has 1 N–H and O–H groups in total. The SMILES string of the molecule is CCCN(C)c1ccc(/C=C/C(=O)O)cc1Br. The number of halogens is 1. The molecule has 0 fully saturated rings. The largest absolute Gasteiger partial charge is 0.478 e. The monoisotopic (exact) mass is 297 g/mol. The van der Waals surface area contributed by atoms with Gasteiger partial charge in [-0.2, -0.15) is 0 Å². The molecule has 1 aromatic carbocycles. The van der Waals surface area contributed by atoms with E-state index in [0.717, 1.165) is 34.8 Å². The molecule has 17 heavy (non-hydrogen) atoms. The van der Waals surface area contributed by atoms with E-state index in [1.54, 1.807) is 6.08 Å². The third-order valence-electron chi connectivity index (χ3n) is 2.36. The second-order valence-electron chi connectivity index (χ2n) is 3.80. The maximum Gasteiger partial charge on any atom is 0.328 e. The van der Waals surface area contributed by atoms with Crippen LogP contribution in [0.2, 0.25) is 0 Å². The predicted molar refractivity (Wildman–Crippen MR) is 74.4 cm³/mol. The minimum atomic E-state index is -0.937. The molecule has 0 aliphatic carbocycles. The van der Waals surface area contributed by atoms with Crippen molar-refractivity contribution in [3.63, 3.8) is 0 Å². The van der Waals surface area contributed by atoms with E-state index in [1.165, 1.54) is 0 Å². The summed E-state index contributed by atoms with van der Waals surface area (Å²) in [5.74, 6) is -0.937. The van der Waals surface area contributed by atoms with Crippen molar-refractivity contribution in [2.24, 2.45) is 0 Å². The molecule has 0 atom stereocenters. The number of rotatable bonds is 5. The highest BCUT2D eigenvalue weighted by atomic mass is 79.9. The highest BCUT2D eigenvalue weighted by Crippen LogP contribution is 2.27. The molecule has 4 heteroatoms. The summed E-state index contributed by atoms with van der Waals surface area (Å²) in [5.41, 5.74) is 1.98. The molecule has 0 spiro atoms. The van der Waals surface area contributed by atoms with Gasteiger partial charge >= 0.3 is 5.97 Å². The molecule has 0 saturated carbocycles. The van der Waals surface area contributed by atoms with E-state index in [0.29, 0.717) is 0 Å². The van der Waals surface area contributed by atoms with E-state index in [9.17, 15) is 4.79 Å². The van der Waals surface area contributed by atoms with Crippen LogP contribution in [-0.2, 0) is 4.79 Å². The van der Waals surface area contributed by atoms with Gasteiger partial charge in [-0.25, -0.2) is 4.79 Å². The Balaban J connectivity index is 2.89. The summed E-state index contributed by atoms with van der Waals surface area (Å²) in [6, 6.07) is 5.81. The number of nitrogens with zero attached hydrogens (tertiary/aromatic N) is 1. The van der Waals surface area contributed by atoms with Gasteiger partial charge in [-0.3, -0.25) is 0 Å². The van der Waals surface area contributed by atoms with Gasteiger partial charge in [0, 0.05) is 24.1 Å². The van der Waals surface area contributed by atoms with Gasteiger partial charge in [0.1, 0.15) is 0 Å². The molecule has 0 unspecified atom stereocenters. The van der Waals surface area contributed by atoms with Gasteiger partial charge in [0.2, 0.25) is 0 Å². The molecule has 3 nitrogen and oxygen atoms in total. The van der Waals surface area contributed by atoms with Crippen LogP contribution in [0.5, 0.6) is 0 Å². The smallest absolute Gasteiger partial charge is 0.328 e. The summed E-state index contributed by atoms with van der Waals surface area (Å²) < 4.78 is 0.973. The zero-order valence-electron chi connectivity index (χ0n) is 9.98. The number of carboxylic acids is 1. The molecule has 0 heterocycles. The van der Waals surface area contributed by atoms with Gasteiger partial charge in [0.25, 0.3) is 0 Å². The van der Waals surface area contributed by atoms with Crippen LogP contribution in [0.25, 0.3) is 6.08 Å². The summed E-state index contributed by atoms with van der Waals surface area (Å²) in [6.45, 7) is 3.12. The molecule has 0 aliphatic rings. The molecule has 0 saturated heterocycles. The lowest BCUT2D eigenvalue weighted by Crippen LogP contribution is -2.18. The van der Waals surface area contributed by atoms with Crippen LogP contribution in [0.15, 0.2) is 28.7 Å². The lowest BCUT2D eigenvalue weighted by Gasteiger charge is -2.20. The molecule has 1 aromatic rings. The highest BCUT2D eigenvalue weighted by molar-refractivity contribution is 9.10. The average molecular weight is 298 g/mol. The Hall–Kier alpha value is -1.29. The summed E-state index contributed by atoms with van der Waals surface area (Å²) in [7, 11) is 2.04. The molecule has 1 rings (SSSR count). The van der Waals surface area contributed by atoms with Gasteiger partial charge in [-0.05, 0) is 46.1 Å². The Morgan fingerprint density at radius 1 is 1.53 bits per heavy atom. The Morgan fingerprint density at radius 3 is 2.76 bits per heavy atom. The highest BCUT2D eigenvalue weighted by Gasteiger charge is 2.04. The molecule has 0 amide bonds. The van der Waals surface area contributed by atoms with Crippen LogP contribution in [0.3, 0.4) is 0 Å². The number of benzene rings is 1. The standard InChI is InChI=1S/C13H16BrNO2/c1-3-8-15(2)12-6-4-10(9-11(12)14)5-7-13(16)17/h4-7,9H,3,8H2,1-2H3,(H,16,17)/b7-5+. The van der Waals surface area contributed by atoms with Gasteiger partial charge in [-0.1, -0.05) is 13.0 Å². The Bertz CT molecular complexity index is 429. The second kappa shape index (κ2) is 6.45. The fraction of sp³-hybridized carbons (Fsp3) is 0.308. The van der Waals surface area contributed by atoms with Crippen LogP contribution in [-0.4, -0.2) is 24.7 Å². The first-order valence-electron chi connectivity index (χ1n) is 5.46. The van der Waals surface area contributed by atoms with Crippen molar-refractivity contribution in [2.45, 2.75) is 13.3 Å². The van der Waals surface area contributed by atoms with Gasteiger partial charge in [0.05, 0.1) is 5.69 Å². The van der Waals surface area contributed by atoms with Crippen LogP contribution >= 0.6 is 15.9 Å². The van der Waals surface area contributed by atoms with Gasteiger partial charge in [0.15, 0.2) is 0 Å². The summed E-state index contributed by atoms with van der Waals surface area (Å²) in [4.78, 5) is 12.6. The first kappa shape index (κ1) is 13.8. The Labute approximate surface area is 110 Å². The minimum absolute atomic E-state index is 0.868. The van der Waals surface area contributed by atoms with Crippen molar-refractivity contribution in [3.8, 4) is 0 Å². The van der Waals surface area contributed by atoms with Crippen molar-refractivity contribution in [1.82, 2.24) is 0 Å². The van der Waals surface area contributed by atoms with Crippen molar-refractivity contribution in [3.05, 3.63) is 34.3 Å². The lowest BCUT2D eigenvalue weighted by molar-refractivity contribution is -0.131. The van der Waals surface area contributed by atoms with Gasteiger partial charge < -0.3 is 10.0 Å². The lowest BCUT2D eigenvalue weighted by atomic mass is 10.2. The summed E-state index contributed by atoms with van der Waals surface area (Å²) >= 11 is 3.50. The molecule has 0 bridgehead atoms. The van der Waals surface area contributed by atoms with E-state index in [-0.39, 0.29) is 0 Å². The zero-order valence-corrected chi connectivity index (χ0v) is 11.6. The molecular weight excluding hydrogens is 282 g/mol. The first-order valence-corrected chi connectivity index (χ1v) is 6.25. The molecule has 0 radical (unpaired) electrons. The molecule has 0 aliphatic heterocycles. The maximum absolute atomic E-state index is 10.4. The molecular formula is C13H16BrNO2. The third-order valence-corrected chi connectivity index (χ3v) is 3.00. The predicted octanol–water partition coefficient (Wildman–Crippen LogP) is 3.39. The van der Waals surface area contributed by atoms with E-state index < -0.39 is 5.97 Å². The zero-order chi connectivity index (χ0) is 12.8. The summed E-state index contributed by atoms with van der Waals surface area (Å²) in [5, 5.41) is 8.55. The number of anilines is 1. The van der Waals surface area contributed by atoms with E-state index in [1.807, 2.05) is 25.2 Å².